The molecule has 1 aromatic heterocycles. The number of aryl methyl sites for hydroxylation is 2. The Morgan fingerprint density at radius 1 is 1.20 bits per heavy atom. The zero-order valence-electron chi connectivity index (χ0n) is 14.7. The summed E-state index contributed by atoms with van der Waals surface area (Å²) >= 11 is 0. The number of β-amino-alcohol motifs (C(OH)–C–C–N with tert-alkyl or cyclic N) is 1. The van der Waals surface area contributed by atoms with Gasteiger partial charge >= 0.3 is 0 Å². The highest BCUT2D eigenvalue weighted by atomic mass is 16.3. The summed E-state index contributed by atoms with van der Waals surface area (Å²) in [5.74, 6) is 0.201. The minimum absolute atomic E-state index is 0.201. The molecule has 2 aromatic rings. The van der Waals surface area contributed by atoms with Gasteiger partial charge in [-0.15, -0.1) is 0 Å². The van der Waals surface area contributed by atoms with Crippen molar-refractivity contribution in [1.29, 1.82) is 0 Å². The average molecular weight is 342 g/mol. The van der Waals surface area contributed by atoms with E-state index in [4.69, 9.17) is 0 Å². The summed E-state index contributed by atoms with van der Waals surface area (Å²) in [5, 5.41) is 14.5. The lowest BCUT2D eigenvalue weighted by molar-refractivity contribution is -0.133. The number of carbonyl (C=O) groups excluding carboxylic acids is 1. The maximum atomic E-state index is 12.4. The van der Waals surface area contributed by atoms with E-state index in [1.807, 2.05) is 54.7 Å². The summed E-state index contributed by atoms with van der Waals surface area (Å²) in [4.78, 5) is 16.5. The molecular weight excluding hydrogens is 316 g/mol. The lowest BCUT2D eigenvalue weighted by Gasteiger charge is -2.35. The van der Waals surface area contributed by atoms with Crippen LogP contribution in [0.3, 0.4) is 0 Å². The first kappa shape index (κ1) is 17.6. The van der Waals surface area contributed by atoms with Crippen LogP contribution < -0.4 is 0 Å². The number of aliphatic hydroxyl groups excluding tert-OH is 1. The molecule has 1 atom stereocenters. The number of piperazine rings is 1. The molecule has 0 bridgehead atoms. The van der Waals surface area contributed by atoms with Crippen LogP contribution in [-0.2, 0) is 18.3 Å². The Kier molecular flexibility index (Phi) is 5.83. The van der Waals surface area contributed by atoms with Gasteiger partial charge in [0.2, 0.25) is 5.91 Å². The van der Waals surface area contributed by atoms with Crippen molar-refractivity contribution in [3.63, 3.8) is 0 Å². The Balaban J connectivity index is 1.41. The second kappa shape index (κ2) is 8.27. The van der Waals surface area contributed by atoms with Crippen molar-refractivity contribution in [2.45, 2.75) is 18.9 Å². The molecule has 134 valence electrons. The second-order valence-corrected chi connectivity index (χ2v) is 6.63. The molecule has 1 aliphatic rings. The summed E-state index contributed by atoms with van der Waals surface area (Å²) < 4.78 is 1.76. The van der Waals surface area contributed by atoms with Crippen LogP contribution in [0.15, 0.2) is 42.7 Å². The van der Waals surface area contributed by atoms with Crippen molar-refractivity contribution in [2.24, 2.45) is 7.05 Å². The summed E-state index contributed by atoms with van der Waals surface area (Å²) in [6.07, 6.45) is 4.55. The molecule has 1 N–H and O–H groups in total. The van der Waals surface area contributed by atoms with Crippen molar-refractivity contribution in [2.75, 3.05) is 32.7 Å². The van der Waals surface area contributed by atoms with Crippen molar-refractivity contribution >= 4 is 5.91 Å². The van der Waals surface area contributed by atoms with Crippen LogP contribution in [0.5, 0.6) is 0 Å². The van der Waals surface area contributed by atoms with Crippen molar-refractivity contribution in [3.8, 4) is 0 Å². The third kappa shape index (κ3) is 4.90. The second-order valence-electron chi connectivity index (χ2n) is 6.63. The zero-order valence-corrected chi connectivity index (χ0v) is 14.7. The molecule has 1 aromatic carbocycles. The van der Waals surface area contributed by atoms with E-state index in [1.54, 1.807) is 4.68 Å². The molecule has 1 amide bonds. The van der Waals surface area contributed by atoms with Gasteiger partial charge in [-0.05, 0) is 17.5 Å². The number of carbonyl (C=O) groups is 1. The maximum Gasteiger partial charge on any atom is 0.222 e. The van der Waals surface area contributed by atoms with Crippen LogP contribution in [0, 0.1) is 0 Å². The smallest absolute Gasteiger partial charge is 0.222 e. The third-order valence-electron chi connectivity index (χ3n) is 4.73. The molecule has 1 aliphatic heterocycles. The molecule has 0 aliphatic carbocycles. The molecule has 1 saturated heterocycles. The highest BCUT2D eigenvalue weighted by Gasteiger charge is 2.22. The number of hydrogen-bond donors (Lipinski definition) is 1. The first-order chi connectivity index (χ1) is 12.1. The van der Waals surface area contributed by atoms with E-state index in [9.17, 15) is 9.90 Å². The molecule has 6 nitrogen and oxygen atoms in total. The highest BCUT2D eigenvalue weighted by Crippen LogP contribution is 2.15. The minimum atomic E-state index is -0.478. The molecular formula is C19H26N4O2. The molecule has 6 heteroatoms. The van der Waals surface area contributed by atoms with Gasteiger partial charge in [0.25, 0.3) is 0 Å². The fraction of sp³-hybridized carbons (Fsp3) is 0.474. The first-order valence-corrected chi connectivity index (χ1v) is 8.82. The van der Waals surface area contributed by atoms with Gasteiger partial charge in [-0.1, -0.05) is 30.3 Å². The van der Waals surface area contributed by atoms with E-state index >= 15 is 0 Å². The van der Waals surface area contributed by atoms with Gasteiger partial charge in [-0.3, -0.25) is 14.4 Å². The molecule has 0 radical (unpaired) electrons. The minimum Gasteiger partial charge on any atom is -0.387 e. The molecule has 0 unspecified atom stereocenters. The van der Waals surface area contributed by atoms with Gasteiger partial charge < -0.3 is 10.0 Å². The van der Waals surface area contributed by atoms with E-state index in [2.05, 4.69) is 10.00 Å². The number of rotatable bonds is 6. The number of hydrogen-bond acceptors (Lipinski definition) is 4. The van der Waals surface area contributed by atoms with E-state index in [-0.39, 0.29) is 5.91 Å². The summed E-state index contributed by atoms with van der Waals surface area (Å²) in [7, 11) is 1.88. The molecule has 3 rings (SSSR count). The molecule has 25 heavy (non-hydrogen) atoms. The SMILES string of the molecule is Cn1cc(CCC(=O)N2CCN(C[C@@H](O)c3ccccc3)CC2)cn1. The van der Waals surface area contributed by atoms with Crippen molar-refractivity contribution in [1.82, 2.24) is 19.6 Å². The third-order valence-corrected chi connectivity index (χ3v) is 4.73. The Bertz CT molecular complexity index is 678. The van der Waals surface area contributed by atoms with E-state index in [0.29, 0.717) is 13.0 Å². The van der Waals surface area contributed by atoms with Gasteiger partial charge in [-0.25, -0.2) is 0 Å². The van der Waals surface area contributed by atoms with Crippen LogP contribution in [0.1, 0.15) is 23.7 Å². The fourth-order valence-electron chi connectivity index (χ4n) is 3.22. The Hall–Kier alpha value is -2.18. The Labute approximate surface area is 148 Å². The number of aliphatic hydroxyl groups is 1. The van der Waals surface area contributed by atoms with Crippen molar-refractivity contribution in [3.05, 3.63) is 53.9 Å². The average Bonchev–Trinajstić information content (AvgIpc) is 3.06. The monoisotopic (exact) mass is 342 g/mol. The summed E-state index contributed by atoms with van der Waals surface area (Å²) in [6.45, 7) is 3.69. The lowest BCUT2D eigenvalue weighted by Crippen LogP contribution is -2.49. The van der Waals surface area contributed by atoms with Gasteiger partial charge in [0.05, 0.1) is 12.3 Å². The fourth-order valence-corrected chi connectivity index (χ4v) is 3.22. The largest absolute Gasteiger partial charge is 0.387 e. The van der Waals surface area contributed by atoms with Crippen LogP contribution in [-0.4, -0.2) is 63.3 Å². The number of nitrogens with zero attached hydrogens (tertiary/aromatic N) is 4. The standard InChI is InChI=1S/C19H26N4O2/c1-21-14-16(13-20-21)7-8-19(25)23-11-9-22(10-12-23)15-18(24)17-5-3-2-4-6-17/h2-6,13-14,18,24H,7-12,15H2,1H3/t18-/m1/s1. The van der Waals surface area contributed by atoms with Crippen molar-refractivity contribution < 1.29 is 9.90 Å². The number of amides is 1. The van der Waals surface area contributed by atoms with Crippen LogP contribution >= 0.6 is 0 Å². The predicted octanol–water partition coefficient (Wildman–Crippen LogP) is 1.23. The summed E-state index contributed by atoms with van der Waals surface area (Å²) in [5.41, 5.74) is 2.04. The van der Waals surface area contributed by atoms with Crippen LogP contribution in [0.25, 0.3) is 0 Å². The highest BCUT2D eigenvalue weighted by molar-refractivity contribution is 5.76. The molecule has 2 heterocycles. The zero-order chi connectivity index (χ0) is 17.6. The number of benzene rings is 1. The maximum absolute atomic E-state index is 12.4. The van der Waals surface area contributed by atoms with Crippen LogP contribution in [0.4, 0.5) is 0 Å². The van der Waals surface area contributed by atoms with Crippen LogP contribution in [0.2, 0.25) is 0 Å². The van der Waals surface area contributed by atoms with Gasteiger partial charge in [0.1, 0.15) is 0 Å². The van der Waals surface area contributed by atoms with Gasteiger partial charge in [0, 0.05) is 52.4 Å². The van der Waals surface area contributed by atoms with E-state index < -0.39 is 6.10 Å². The van der Waals surface area contributed by atoms with E-state index in [1.165, 1.54) is 0 Å². The first-order valence-electron chi connectivity index (χ1n) is 8.82. The molecule has 0 spiro atoms. The normalized spacial score (nSPS) is 16.8. The van der Waals surface area contributed by atoms with Gasteiger partial charge in [0.15, 0.2) is 0 Å². The predicted molar refractivity (Wildman–Crippen MR) is 96.0 cm³/mol. The molecule has 0 saturated carbocycles. The Morgan fingerprint density at radius 3 is 2.56 bits per heavy atom. The quantitative estimate of drug-likeness (QED) is 0.858. The molecule has 1 fully saturated rings. The van der Waals surface area contributed by atoms with E-state index in [0.717, 1.165) is 43.7 Å². The number of aromatic nitrogens is 2. The Morgan fingerprint density at radius 2 is 1.92 bits per heavy atom. The van der Waals surface area contributed by atoms with Gasteiger partial charge in [-0.2, -0.15) is 5.10 Å². The lowest BCUT2D eigenvalue weighted by atomic mass is 10.1. The topological polar surface area (TPSA) is 61.6 Å². The summed E-state index contributed by atoms with van der Waals surface area (Å²) in [6, 6.07) is 9.73.